The molecule has 5 unspecified atom stereocenters. The van der Waals surface area contributed by atoms with Crippen LogP contribution >= 0.6 is 0 Å². The quantitative estimate of drug-likeness (QED) is 0.621. The number of nitrogens with zero attached hydrogens (tertiary/aromatic N) is 7. The van der Waals surface area contributed by atoms with Gasteiger partial charge in [0.25, 0.3) is 0 Å². The number of hydrogen-bond acceptors (Lipinski definition) is 8. The van der Waals surface area contributed by atoms with Crippen LogP contribution in [0.5, 0.6) is 0 Å². The molecule has 3 saturated heterocycles. The molecule has 0 spiro atoms. The van der Waals surface area contributed by atoms with Crippen LogP contribution in [0.2, 0.25) is 0 Å². The molecule has 4 bridgehead atoms. The lowest BCUT2D eigenvalue weighted by molar-refractivity contribution is 0.0490. The predicted octanol–water partition coefficient (Wildman–Crippen LogP) is 2.98. The van der Waals surface area contributed by atoms with Crippen molar-refractivity contribution in [1.29, 1.82) is 0 Å². The van der Waals surface area contributed by atoms with E-state index < -0.39 is 0 Å². The van der Waals surface area contributed by atoms with E-state index in [1.807, 2.05) is 6.33 Å². The van der Waals surface area contributed by atoms with E-state index in [0.717, 1.165) is 42.9 Å². The predicted molar refractivity (Wildman–Crippen MR) is 118 cm³/mol. The number of rotatable bonds is 7. The standard InChI is InChI=1S/C22H28N8O/c1-3-5-6-12(4-2)30-11-26-18-17(15-8-25-16(23)9-24-15)27-22(28-21(18)30)29-10-13-7-14-19(29)20(14)31-13/h8-9,11-14,19-20H,3-7,10H2,1-2H3,(H2,23,25). The van der Waals surface area contributed by atoms with Crippen LogP contribution in [-0.4, -0.2) is 54.3 Å². The summed E-state index contributed by atoms with van der Waals surface area (Å²) in [6.45, 7) is 5.30. The highest BCUT2D eigenvalue weighted by Gasteiger charge is 2.65. The lowest BCUT2D eigenvalue weighted by atomic mass is 10.1. The molecular weight excluding hydrogens is 392 g/mol. The van der Waals surface area contributed by atoms with Crippen molar-refractivity contribution in [2.75, 3.05) is 17.2 Å². The largest absolute Gasteiger partial charge is 0.382 e. The second-order valence-electron chi connectivity index (χ2n) is 8.99. The lowest BCUT2D eigenvalue weighted by Gasteiger charge is -2.34. The van der Waals surface area contributed by atoms with Gasteiger partial charge in [0.1, 0.15) is 22.7 Å². The molecule has 4 fully saturated rings. The second-order valence-corrected chi connectivity index (χ2v) is 8.99. The lowest BCUT2D eigenvalue weighted by Crippen LogP contribution is -2.45. The van der Waals surface area contributed by atoms with Crippen LogP contribution in [0.3, 0.4) is 0 Å². The van der Waals surface area contributed by atoms with Gasteiger partial charge >= 0.3 is 0 Å². The van der Waals surface area contributed by atoms with Gasteiger partial charge in [-0.3, -0.25) is 0 Å². The van der Waals surface area contributed by atoms with Gasteiger partial charge in [-0.05, 0) is 19.3 Å². The van der Waals surface area contributed by atoms with Crippen LogP contribution < -0.4 is 10.6 Å². The van der Waals surface area contributed by atoms with E-state index in [9.17, 15) is 0 Å². The molecule has 1 aliphatic carbocycles. The summed E-state index contributed by atoms with van der Waals surface area (Å²) in [6.07, 6.45) is 11.5. The Morgan fingerprint density at radius 1 is 1.19 bits per heavy atom. The fraction of sp³-hybridized carbons (Fsp3) is 0.591. The number of aromatic nitrogens is 6. The molecule has 31 heavy (non-hydrogen) atoms. The van der Waals surface area contributed by atoms with Crippen LogP contribution in [0.4, 0.5) is 11.8 Å². The minimum absolute atomic E-state index is 0.289. The summed E-state index contributed by atoms with van der Waals surface area (Å²) in [7, 11) is 0. The Balaban J connectivity index is 1.48. The molecule has 2 N–H and O–H groups in total. The normalized spacial score (nSPS) is 27.1. The van der Waals surface area contributed by atoms with E-state index >= 15 is 0 Å². The van der Waals surface area contributed by atoms with E-state index in [4.69, 9.17) is 25.4 Å². The van der Waals surface area contributed by atoms with Crippen molar-refractivity contribution < 1.29 is 4.74 Å². The van der Waals surface area contributed by atoms with E-state index in [1.54, 1.807) is 12.4 Å². The topological polar surface area (TPSA) is 108 Å². The molecule has 4 aliphatic rings. The molecule has 0 radical (unpaired) electrons. The van der Waals surface area contributed by atoms with Gasteiger partial charge < -0.3 is 19.9 Å². The maximum atomic E-state index is 6.06. The molecule has 6 heterocycles. The van der Waals surface area contributed by atoms with E-state index in [2.05, 4.69) is 33.3 Å². The molecule has 3 aromatic rings. The number of piperidine rings is 1. The van der Waals surface area contributed by atoms with E-state index in [1.165, 1.54) is 12.8 Å². The Morgan fingerprint density at radius 3 is 2.77 bits per heavy atom. The minimum atomic E-state index is 0.289. The molecule has 9 nitrogen and oxygen atoms in total. The van der Waals surface area contributed by atoms with Crippen molar-refractivity contribution in [2.45, 2.75) is 70.2 Å². The molecule has 162 valence electrons. The first kappa shape index (κ1) is 18.9. The van der Waals surface area contributed by atoms with Gasteiger partial charge in [0.05, 0.1) is 37.0 Å². The van der Waals surface area contributed by atoms with Gasteiger partial charge in [-0.1, -0.05) is 26.7 Å². The third-order valence-corrected chi connectivity index (χ3v) is 7.04. The minimum Gasteiger partial charge on any atom is -0.382 e. The molecule has 3 aromatic heterocycles. The van der Waals surface area contributed by atoms with Crippen LogP contribution in [0.1, 0.15) is 52.0 Å². The Kier molecular flexibility index (Phi) is 4.34. The molecule has 0 aromatic carbocycles. The summed E-state index contributed by atoms with van der Waals surface area (Å²) in [5, 5.41) is 0. The summed E-state index contributed by atoms with van der Waals surface area (Å²) in [5.74, 6) is 1.76. The van der Waals surface area contributed by atoms with Crippen molar-refractivity contribution in [1.82, 2.24) is 29.5 Å². The maximum absolute atomic E-state index is 6.06. The van der Waals surface area contributed by atoms with Crippen LogP contribution in [0.15, 0.2) is 18.7 Å². The van der Waals surface area contributed by atoms with Gasteiger partial charge in [-0.25, -0.2) is 19.9 Å². The number of ether oxygens (including phenoxy) is 1. The fourth-order valence-corrected chi connectivity index (χ4v) is 5.36. The SMILES string of the molecule is CCCCC(CC)n1cnc2c(-c3cnc(N)cn3)nc(N3CC4CC5C(O4)C53)nc21. The zero-order valence-corrected chi connectivity index (χ0v) is 18.0. The Bertz CT molecular complexity index is 1100. The monoisotopic (exact) mass is 420 g/mol. The highest BCUT2D eigenvalue weighted by molar-refractivity contribution is 5.87. The summed E-state index contributed by atoms with van der Waals surface area (Å²) < 4.78 is 8.29. The Morgan fingerprint density at radius 2 is 2.10 bits per heavy atom. The number of morpholine rings is 1. The van der Waals surface area contributed by atoms with Crippen molar-refractivity contribution in [2.24, 2.45) is 5.92 Å². The smallest absolute Gasteiger partial charge is 0.228 e. The van der Waals surface area contributed by atoms with E-state index in [0.29, 0.717) is 41.3 Å². The van der Waals surface area contributed by atoms with Gasteiger partial charge in [-0.2, -0.15) is 4.98 Å². The van der Waals surface area contributed by atoms with Gasteiger partial charge in [0.15, 0.2) is 5.65 Å². The third-order valence-electron chi connectivity index (χ3n) is 7.04. The highest BCUT2D eigenvalue weighted by atomic mass is 16.5. The maximum Gasteiger partial charge on any atom is 0.228 e. The number of anilines is 2. The molecule has 0 amide bonds. The molecule has 7 rings (SSSR count). The average molecular weight is 421 g/mol. The average Bonchev–Trinajstić information content (AvgIpc) is 3.14. The first-order chi connectivity index (χ1) is 15.2. The Hall–Kier alpha value is -2.81. The van der Waals surface area contributed by atoms with Gasteiger partial charge in [0, 0.05) is 18.5 Å². The molecular formula is C22H28N8O. The number of nitrogen functional groups attached to an aromatic ring is 1. The molecule has 1 saturated carbocycles. The number of hydrogen-bond donors (Lipinski definition) is 1. The van der Waals surface area contributed by atoms with E-state index in [-0.39, 0.29) is 6.10 Å². The number of fused-ring (bicyclic) bond motifs is 2. The van der Waals surface area contributed by atoms with Gasteiger partial charge in [0.2, 0.25) is 5.95 Å². The zero-order valence-electron chi connectivity index (χ0n) is 18.0. The summed E-state index contributed by atoms with van der Waals surface area (Å²) in [4.78, 5) is 25.8. The summed E-state index contributed by atoms with van der Waals surface area (Å²) in [6, 6.07) is 0.760. The molecule has 3 aliphatic heterocycles. The van der Waals surface area contributed by atoms with Crippen molar-refractivity contribution in [3.05, 3.63) is 18.7 Å². The second kappa shape index (κ2) is 7.12. The highest BCUT2D eigenvalue weighted by Crippen LogP contribution is 2.54. The fourth-order valence-electron chi connectivity index (χ4n) is 5.36. The molecule has 9 heteroatoms. The summed E-state index contributed by atoms with van der Waals surface area (Å²) in [5.41, 5.74) is 8.79. The molecule has 5 atom stereocenters. The first-order valence-corrected chi connectivity index (χ1v) is 11.4. The van der Waals surface area contributed by atoms with Gasteiger partial charge in [-0.15, -0.1) is 0 Å². The van der Waals surface area contributed by atoms with Crippen LogP contribution in [0.25, 0.3) is 22.6 Å². The van der Waals surface area contributed by atoms with Crippen molar-refractivity contribution >= 4 is 22.9 Å². The number of nitrogens with two attached hydrogens (primary N) is 1. The van der Waals surface area contributed by atoms with Crippen LogP contribution in [-0.2, 0) is 4.74 Å². The summed E-state index contributed by atoms with van der Waals surface area (Å²) >= 11 is 0. The third kappa shape index (κ3) is 2.97. The van der Waals surface area contributed by atoms with Crippen molar-refractivity contribution in [3.63, 3.8) is 0 Å². The zero-order chi connectivity index (χ0) is 21.1. The number of unbranched alkanes of at least 4 members (excludes halogenated alkanes) is 1. The van der Waals surface area contributed by atoms with Crippen molar-refractivity contribution in [3.8, 4) is 11.4 Å². The Labute approximate surface area is 181 Å². The first-order valence-electron chi connectivity index (χ1n) is 11.4. The van der Waals surface area contributed by atoms with Crippen LogP contribution in [0, 0.1) is 5.92 Å². The number of imidazole rings is 1.